The molecule has 13 heavy (non-hydrogen) atoms. The molecule has 1 atom stereocenters. The van der Waals surface area contributed by atoms with Gasteiger partial charge in [-0.15, -0.1) is 0 Å². The van der Waals surface area contributed by atoms with Crippen LogP contribution in [0.1, 0.15) is 19.8 Å². The average molecular weight is 182 g/mol. The van der Waals surface area contributed by atoms with Gasteiger partial charge in [-0.3, -0.25) is 9.59 Å². The summed E-state index contributed by atoms with van der Waals surface area (Å²) in [5.74, 6) is 0.357. The second kappa shape index (κ2) is 3.01. The Morgan fingerprint density at radius 1 is 1.54 bits per heavy atom. The summed E-state index contributed by atoms with van der Waals surface area (Å²) in [6.45, 7) is 3.05. The zero-order chi connectivity index (χ0) is 9.42. The molecule has 0 bridgehead atoms. The quantitative estimate of drug-likeness (QED) is 0.607. The van der Waals surface area contributed by atoms with Crippen LogP contribution in [0.2, 0.25) is 0 Å². The van der Waals surface area contributed by atoms with Crippen molar-refractivity contribution < 1.29 is 9.59 Å². The van der Waals surface area contributed by atoms with E-state index in [4.69, 9.17) is 0 Å². The highest BCUT2D eigenvalue weighted by Crippen LogP contribution is 2.31. The topological polar surface area (TPSA) is 49.4 Å². The van der Waals surface area contributed by atoms with Crippen LogP contribution in [0.4, 0.5) is 0 Å². The Balaban J connectivity index is 2.03. The minimum atomic E-state index is -0.276. The van der Waals surface area contributed by atoms with Gasteiger partial charge in [-0.2, -0.15) is 0 Å². The van der Waals surface area contributed by atoms with E-state index in [9.17, 15) is 9.59 Å². The lowest BCUT2D eigenvalue weighted by Gasteiger charge is -2.32. The van der Waals surface area contributed by atoms with Crippen LogP contribution in [-0.2, 0) is 9.59 Å². The summed E-state index contributed by atoms with van der Waals surface area (Å²) in [5, 5.41) is 2.74. The van der Waals surface area contributed by atoms with Gasteiger partial charge in [0.2, 0.25) is 11.8 Å². The summed E-state index contributed by atoms with van der Waals surface area (Å²) in [5.41, 5.74) is 0. The van der Waals surface area contributed by atoms with Gasteiger partial charge in [-0.25, -0.2) is 0 Å². The molecular formula is C9H14N2O2. The van der Waals surface area contributed by atoms with Crippen LogP contribution in [0, 0.1) is 5.92 Å². The highest BCUT2D eigenvalue weighted by Gasteiger charge is 2.38. The van der Waals surface area contributed by atoms with Crippen LogP contribution >= 0.6 is 0 Å². The molecule has 1 saturated heterocycles. The first-order valence-corrected chi connectivity index (χ1v) is 4.78. The third-order valence-corrected chi connectivity index (χ3v) is 2.71. The van der Waals surface area contributed by atoms with E-state index in [1.807, 2.05) is 0 Å². The monoisotopic (exact) mass is 182 g/mol. The second-order valence-electron chi connectivity index (χ2n) is 3.77. The van der Waals surface area contributed by atoms with E-state index >= 15 is 0 Å². The summed E-state index contributed by atoms with van der Waals surface area (Å²) >= 11 is 0. The average Bonchev–Trinajstić information content (AvgIpc) is 2.91. The second-order valence-corrected chi connectivity index (χ2v) is 3.77. The van der Waals surface area contributed by atoms with Crippen molar-refractivity contribution in [2.75, 3.05) is 13.1 Å². The Hall–Kier alpha value is -1.06. The van der Waals surface area contributed by atoms with Crippen molar-refractivity contribution in [1.82, 2.24) is 10.2 Å². The van der Waals surface area contributed by atoms with Gasteiger partial charge in [-0.05, 0) is 19.8 Å². The molecule has 0 spiro atoms. The van der Waals surface area contributed by atoms with E-state index in [1.165, 1.54) is 0 Å². The maximum Gasteiger partial charge on any atom is 0.242 e. The molecule has 0 radical (unpaired) electrons. The fourth-order valence-corrected chi connectivity index (χ4v) is 1.65. The first kappa shape index (κ1) is 8.53. The molecule has 2 aliphatic rings. The van der Waals surface area contributed by atoms with Gasteiger partial charge in [0, 0.05) is 19.0 Å². The third-order valence-electron chi connectivity index (χ3n) is 2.71. The number of nitrogens with one attached hydrogen (secondary N) is 1. The van der Waals surface area contributed by atoms with E-state index in [2.05, 4.69) is 5.32 Å². The summed E-state index contributed by atoms with van der Waals surface area (Å²) in [4.78, 5) is 24.6. The molecule has 2 rings (SSSR count). The number of piperazine rings is 1. The van der Waals surface area contributed by atoms with Crippen molar-refractivity contribution in [2.45, 2.75) is 25.8 Å². The van der Waals surface area contributed by atoms with Crippen LogP contribution in [0.25, 0.3) is 0 Å². The van der Waals surface area contributed by atoms with E-state index in [-0.39, 0.29) is 23.8 Å². The maximum atomic E-state index is 11.7. The SMILES string of the molecule is CC1C(=O)NCCN1C(=O)C1CC1. The predicted molar refractivity (Wildman–Crippen MR) is 46.9 cm³/mol. The van der Waals surface area contributed by atoms with Crippen molar-refractivity contribution in [1.29, 1.82) is 0 Å². The Morgan fingerprint density at radius 2 is 2.23 bits per heavy atom. The van der Waals surface area contributed by atoms with Crippen LogP contribution in [0.3, 0.4) is 0 Å². The number of rotatable bonds is 1. The lowest BCUT2D eigenvalue weighted by molar-refractivity contribution is -0.143. The Bertz CT molecular complexity index is 248. The fraction of sp³-hybridized carbons (Fsp3) is 0.778. The number of hydrogen-bond donors (Lipinski definition) is 1. The molecule has 1 aliphatic carbocycles. The van der Waals surface area contributed by atoms with Gasteiger partial charge in [0.25, 0.3) is 0 Å². The van der Waals surface area contributed by atoms with Crippen molar-refractivity contribution in [3.8, 4) is 0 Å². The highest BCUT2D eigenvalue weighted by molar-refractivity contribution is 5.90. The lowest BCUT2D eigenvalue weighted by atomic mass is 10.2. The molecule has 72 valence electrons. The highest BCUT2D eigenvalue weighted by atomic mass is 16.2. The third kappa shape index (κ3) is 1.53. The number of carbonyl (C=O) groups is 2. The maximum absolute atomic E-state index is 11.7. The standard InChI is InChI=1S/C9H14N2O2/c1-6-8(12)10-4-5-11(6)9(13)7-2-3-7/h6-7H,2-5H2,1H3,(H,10,12). The number of carbonyl (C=O) groups excluding carboxylic acids is 2. The van der Waals surface area contributed by atoms with Crippen LogP contribution < -0.4 is 5.32 Å². The summed E-state index contributed by atoms with van der Waals surface area (Å²) in [7, 11) is 0. The summed E-state index contributed by atoms with van der Waals surface area (Å²) in [6.07, 6.45) is 2.01. The molecule has 4 nitrogen and oxygen atoms in total. The molecule has 2 amide bonds. The van der Waals surface area contributed by atoms with Crippen LogP contribution in [0.15, 0.2) is 0 Å². The molecule has 1 saturated carbocycles. The van der Waals surface area contributed by atoms with Gasteiger partial charge in [0.05, 0.1) is 0 Å². The van der Waals surface area contributed by atoms with E-state index < -0.39 is 0 Å². The first-order chi connectivity index (χ1) is 6.20. The van der Waals surface area contributed by atoms with E-state index in [1.54, 1.807) is 11.8 Å². The van der Waals surface area contributed by atoms with Crippen LogP contribution in [-0.4, -0.2) is 35.8 Å². The molecule has 1 unspecified atom stereocenters. The number of hydrogen-bond acceptors (Lipinski definition) is 2. The fourth-order valence-electron chi connectivity index (χ4n) is 1.65. The molecule has 1 aliphatic heterocycles. The van der Waals surface area contributed by atoms with Crippen molar-refractivity contribution in [3.05, 3.63) is 0 Å². The molecule has 1 N–H and O–H groups in total. The summed E-state index contributed by atoms with van der Waals surface area (Å²) < 4.78 is 0. The Morgan fingerprint density at radius 3 is 2.85 bits per heavy atom. The van der Waals surface area contributed by atoms with Gasteiger partial charge in [-0.1, -0.05) is 0 Å². The van der Waals surface area contributed by atoms with Gasteiger partial charge < -0.3 is 10.2 Å². The first-order valence-electron chi connectivity index (χ1n) is 4.78. The minimum absolute atomic E-state index is 0.0275. The lowest BCUT2D eigenvalue weighted by Crippen LogP contribution is -2.56. The molecule has 1 heterocycles. The smallest absolute Gasteiger partial charge is 0.242 e. The van der Waals surface area contributed by atoms with Crippen molar-refractivity contribution >= 4 is 11.8 Å². The van der Waals surface area contributed by atoms with Crippen molar-refractivity contribution in [2.24, 2.45) is 5.92 Å². The Kier molecular flexibility index (Phi) is 1.98. The minimum Gasteiger partial charge on any atom is -0.353 e. The van der Waals surface area contributed by atoms with E-state index in [0.29, 0.717) is 13.1 Å². The zero-order valence-corrected chi connectivity index (χ0v) is 7.75. The van der Waals surface area contributed by atoms with E-state index in [0.717, 1.165) is 12.8 Å². The van der Waals surface area contributed by atoms with Crippen molar-refractivity contribution in [3.63, 3.8) is 0 Å². The number of amides is 2. The summed E-state index contributed by atoms with van der Waals surface area (Å²) in [6, 6.07) is -0.276. The molecule has 2 fully saturated rings. The largest absolute Gasteiger partial charge is 0.353 e. The van der Waals surface area contributed by atoms with Crippen LogP contribution in [0.5, 0.6) is 0 Å². The Labute approximate surface area is 77.3 Å². The number of nitrogens with zero attached hydrogens (tertiary/aromatic N) is 1. The molecule has 4 heteroatoms. The van der Waals surface area contributed by atoms with Gasteiger partial charge in [0.1, 0.15) is 6.04 Å². The van der Waals surface area contributed by atoms with Gasteiger partial charge in [0.15, 0.2) is 0 Å². The van der Waals surface area contributed by atoms with Gasteiger partial charge >= 0.3 is 0 Å². The molecule has 0 aromatic carbocycles. The molecular weight excluding hydrogens is 168 g/mol. The molecule has 0 aromatic rings. The molecule has 0 aromatic heterocycles. The normalized spacial score (nSPS) is 28.5. The predicted octanol–water partition coefficient (Wildman–Crippen LogP) is -0.257. The zero-order valence-electron chi connectivity index (χ0n) is 7.75.